The van der Waals surface area contributed by atoms with Crippen molar-refractivity contribution in [3.8, 4) is 5.75 Å². The van der Waals surface area contributed by atoms with E-state index in [1.807, 2.05) is 5.43 Å². The Morgan fingerprint density at radius 2 is 1.94 bits per heavy atom. The van der Waals surface area contributed by atoms with Crippen molar-refractivity contribution in [2.75, 3.05) is 0 Å². The molecule has 5 N–H and O–H groups in total. The number of nitrogens with two attached hydrogens (primary N) is 1. The summed E-state index contributed by atoms with van der Waals surface area (Å²) in [4.78, 5) is 22.4. The number of phenolic OH excluding ortho intramolecular Hbond substituents is 1. The minimum Gasteiger partial charge on any atom is -0.508 e. The second-order valence-electron chi connectivity index (χ2n) is 3.63. The number of hydrogen-bond donors (Lipinski definition) is 4. The van der Waals surface area contributed by atoms with Crippen molar-refractivity contribution in [3.63, 3.8) is 0 Å². The lowest BCUT2D eigenvalue weighted by molar-refractivity contribution is -0.128. The Hall–Kier alpha value is -2.08. The first-order valence-corrected chi connectivity index (χ1v) is 5.08. The number of benzene rings is 1. The Kier molecular flexibility index (Phi) is 4.47. The highest BCUT2D eigenvalue weighted by atomic mass is 16.3. The SMILES string of the molecule is CC(=O)N[C@H](Cc1ccc(O)cc1)C(=O)NN. The number of carbonyl (C=O) groups excluding carboxylic acids is 2. The molecule has 1 aromatic carbocycles. The maximum Gasteiger partial charge on any atom is 0.256 e. The zero-order valence-electron chi connectivity index (χ0n) is 9.43. The van der Waals surface area contributed by atoms with Gasteiger partial charge in [-0.05, 0) is 17.7 Å². The van der Waals surface area contributed by atoms with E-state index < -0.39 is 11.9 Å². The van der Waals surface area contributed by atoms with E-state index in [0.717, 1.165) is 5.56 Å². The van der Waals surface area contributed by atoms with E-state index in [-0.39, 0.29) is 11.7 Å². The quantitative estimate of drug-likeness (QED) is 0.320. The first-order chi connectivity index (χ1) is 8.02. The summed E-state index contributed by atoms with van der Waals surface area (Å²) >= 11 is 0. The van der Waals surface area contributed by atoms with Gasteiger partial charge in [-0.15, -0.1) is 0 Å². The fraction of sp³-hybridized carbons (Fsp3) is 0.273. The number of hydrogen-bond acceptors (Lipinski definition) is 4. The van der Waals surface area contributed by atoms with Crippen molar-refractivity contribution in [2.45, 2.75) is 19.4 Å². The lowest BCUT2D eigenvalue weighted by atomic mass is 10.1. The molecule has 0 aliphatic heterocycles. The van der Waals surface area contributed by atoms with Crippen LogP contribution in [0.5, 0.6) is 5.75 Å². The summed E-state index contributed by atoms with van der Waals surface area (Å²) in [5.41, 5.74) is 2.81. The van der Waals surface area contributed by atoms with Crippen molar-refractivity contribution >= 4 is 11.8 Å². The van der Waals surface area contributed by atoms with Gasteiger partial charge in [0.1, 0.15) is 11.8 Å². The molecule has 0 aromatic heterocycles. The molecule has 0 radical (unpaired) electrons. The van der Waals surface area contributed by atoms with E-state index in [1.165, 1.54) is 19.1 Å². The summed E-state index contributed by atoms with van der Waals surface area (Å²) in [6.07, 6.45) is 0.308. The van der Waals surface area contributed by atoms with Gasteiger partial charge in [-0.2, -0.15) is 0 Å². The highest BCUT2D eigenvalue weighted by molar-refractivity contribution is 5.86. The molecule has 0 fully saturated rings. The third kappa shape index (κ3) is 4.12. The van der Waals surface area contributed by atoms with Crippen LogP contribution >= 0.6 is 0 Å². The topological polar surface area (TPSA) is 104 Å². The highest BCUT2D eigenvalue weighted by Gasteiger charge is 2.18. The summed E-state index contributed by atoms with van der Waals surface area (Å²) in [7, 11) is 0. The molecule has 17 heavy (non-hydrogen) atoms. The van der Waals surface area contributed by atoms with Gasteiger partial charge < -0.3 is 10.4 Å². The first kappa shape index (κ1) is 13.0. The van der Waals surface area contributed by atoms with Gasteiger partial charge in [0, 0.05) is 13.3 Å². The molecule has 92 valence electrons. The standard InChI is InChI=1S/C11H15N3O3/c1-7(15)13-10(11(17)14-12)6-8-2-4-9(16)5-3-8/h2-5,10,16H,6,12H2,1H3,(H,13,15)(H,14,17)/t10-/m1/s1. The highest BCUT2D eigenvalue weighted by Crippen LogP contribution is 2.11. The van der Waals surface area contributed by atoms with Gasteiger partial charge in [-0.25, -0.2) is 5.84 Å². The Bertz CT molecular complexity index is 403. The number of carbonyl (C=O) groups is 2. The van der Waals surface area contributed by atoms with Gasteiger partial charge in [-0.3, -0.25) is 15.0 Å². The molecule has 1 aromatic rings. The molecule has 2 amide bonds. The molecule has 6 heteroatoms. The molecule has 1 rings (SSSR count). The maximum atomic E-state index is 11.4. The largest absolute Gasteiger partial charge is 0.508 e. The first-order valence-electron chi connectivity index (χ1n) is 5.08. The molecule has 6 nitrogen and oxygen atoms in total. The van der Waals surface area contributed by atoms with Gasteiger partial charge in [0.15, 0.2) is 0 Å². The third-order valence-corrected chi connectivity index (χ3v) is 2.21. The molecule has 0 saturated carbocycles. The van der Waals surface area contributed by atoms with Crippen molar-refractivity contribution in [3.05, 3.63) is 29.8 Å². The summed E-state index contributed by atoms with van der Waals surface area (Å²) in [6, 6.07) is 5.66. The van der Waals surface area contributed by atoms with E-state index >= 15 is 0 Å². The lowest BCUT2D eigenvalue weighted by Crippen LogP contribution is -2.49. The van der Waals surface area contributed by atoms with Crippen LogP contribution in [0.2, 0.25) is 0 Å². The van der Waals surface area contributed by atoms with Crippen LogP contribution in [0.3, 0.4) is 0 Å². The van der Waals surface area contributed by atoms with Crippen LogP contribution in [0.25, 0.3) is 0 Å². The molecule has 0 unspecified atom stereocenters. The number of rotatable bonds is 4. The molecular formula is C11H15N3O3. The zero-order chi connectivity index (χ0) is 12.8. The van der Waals surface area contributed by atoms with Crippen LogP contribution in [0.15, 0.2) is 24.3 Å². The van der Waals surface area contributed by atoms with Gasteiger partial charge >= 0.3 is 0 Å². The molecule has 0 spiro atoms. The second kappa shape index (κ2) is 5.86. The fourth-order valence-corrected chi connectivity index (χ4v) is 1.42. The van der Waals surface area contributed by atoms with Crippen molar-refractivity contribution in [1.82, 2.24) is 10.7 Å². The van der Waals surface area contributed by atoms with Crippen LogP contribution in [-0.4, -0.2) is 23.0 Å². The predicted molar refractivity (Wildman–Crippen MR) is 61.7 cm³/mol. The van der Waals surface area contributed by atoms with Crippen molar-refractivity contribution < 1.29 is 14.7 Å². The average molecular weight is 237 g/mol. The minimum atomic E-state index is -0.720. The predicted octanol–water partition coefficient (Wildman–Crippen LogP) is -0.571. The van der Waals surface area contributed by atoms with Crippen LogP contribution in [0, 0.1) is 0 Å². The Labute approximate surface area is 98.8 Å². The van der Waals surface area contributed by atoms with Crippen molar-refractivity contribution in [2.24, 2.45) is 5.84 Å². The lowest BCUT2D eigenvalue weighted by Gasteiger charge is -2.16. The van der Waals surface area contributed by atoms with Crippen LogP contribution in [0.4, 0.5) is 0 Å². The minimum absolute atomic E-state index is 0.146. The maximum absolute atomic E-state index is 11.4. The van der Waals surface area contributed by atoms with Crippen LogP contribution in [0.1, 0.15) is 12.5 Å². The van der Waals surface area contributed by atoms with E-state index in [0.29, 0.717) is 6.42 Å². The number of amides is 2. The Balaban J connectivity index is 2.75. The van der Waals surface area contributed by atoms with Gasteiger partial charge in [0.2, 0.25) is 5.91 Å². The van der Waals surface area contributed by atoms with E-state index in [2.05, 4.69) is 5.32 Å². The van der Waals surface area contributed by atoms with Gasteiger partial charge in [0.25, 0.3) is 5.91 Å². The van der Waals surface area contributed by atoms with Gasteiger partial charge in [0.05, 0.1) is 0 Å². The van der Waals surface area contributed by atoms with Gasteiger partial charge in [-0.1, -0.05) is 12.1 Å². The summed E-state index contributed by atoms with van der Waals surface area (Å²) < 4.78 is 0. The Morgan fingerprint density at radius 1 is 1.35 bits per heavy atom. The molecule has 0 bridgehead atoms. The molecule has 0 heterocycles. The number of hydrazine groups is 1. The number of aromatic hydroxyl groups is 1. The zero-order valence-corrected chi connectivity index (χ0v) is 9.43. The van der Waals surface area contributed by atoms with E-state index in [4.69, 9.17) is 10.9 Å². The normalized spacial score (nSPS) is 11.6. The average Bonchev–Trinajstić information content (AvgIpc) is 2.29. The van der Waals surface area contributed by atoms with Crippen LogP contribution < -0.4 is 16.6 Å². The second-order valence-corrected chi connectivity index (χ2v) is 3.63. The van der Waals surface area contributed by atoms with Crippen molar-refractivity contribution in [1.29, 1.82) is 0 Å². The van der Waals surface area contributed by atoms with E-state index in [9.17, 15) is 9.59 Å². The summed E-state index contributed by atoms with van der Waals surface area (Å²) in [5, 5.41) is 11.6. The molecule has 1 atom stereocenters. The number of nitrogens with one attached hydrogen (secondary N) is 2. The molecular weight excluding hydrogens is 222 g/mol. The monoisotopic (exact) mass is 237 g/mol. The van der Waals surface area contributed by atoms with E-state index in [1.54, 1.807) is 12.1 Å². The van der Waals surface area contributed by atoms with Crippen LogP contribution in [-0.2, 0) is 16.0 Å². The molecule has 0 aliphatic rings. The third-order valence-electron chi connectivity index (χ3n) is 2.21. The summed E-state index contributed by atoms with van der Waals surface area (Å²) in [5.74, 6) is 4.41. The Morgan fingerprint density at radius 3 is 2.41 bits per heavy atom. The summed E-state index contributed by atoms with van der Waals surface area (Å²) in [6.45, 7) is 1.33. The number of phenols is 1. The fourth-order valence-electron chi connectivity index (χ4n) is 1.42. The smallest absolute Gasteiger partial charge is 0.256 e. The molecule has 0 aliphatic carbocycles. The molecule has 0 saturated heterocycles.